The maximum Gasteiger partial charge on any atom is 0.282 e. The third kappa shape index (κ3) is 2.15. The van der Waals surface area contributed by atoms with Gasteiger partial charge >= 0.3 is 0 Å². The summed E-state index contributed by atoms with van der Waals surface area (Å²) in [5, 5.41) is 10.6. The van der Waals surface area contributed by atoms with Crippen LogP contribution in [0.15, 0.2) is 28.7 Å². The number of nitrogens with one attached hydrogen (secondary N) is 1. The van der Waals surface area contributed by atoms with E-state index in [1.807, 2.05) is 24.3 Å². The Labute approximate surface area is 120 Å². The van der Waals surface area contributed by atoms with Gasteiger partial charge in [0, 0.05) is 4.47 Å². The van der Waals surface area contributed by atoms with Crippen molar-refractivity contribution in [3.8, 4) is 0 Å². The smallest absolute Gasteiger partial charge is 0.282 e. The lowest BCUT2D eigenvalue weighted by atomic mass is 10.2. The summed E-state index contributed by atoms with van der Waals surface area (Å²) in [4.78, 5) is 0. The number of hydrogen-bond acceptors (Lipinski definition) is 3. The SMILES string of the molecule is Nc1[nH]nc2c1c(C(F)F)nn2Cc1ccc(Br)cc1. The van der Waals surface area contributed by atoms with Gasteiger partial charge in [0.25, 0.3) is 6.43 Å². The number of nitrogens with zero attached hydrogens (tertiary/aromatic N) is 3. The molecule has 2 heterocycles. The van der Waals surface area contributed by atoms with Gasteiger partial charge in [0.2, 0.25) is 0 Å². The van der Waals surface area contributed by atoms with Crippen LogP contribution in [0.25, 0.3) is 11.0 Å². The number of benzene rings is 1. The molecule has 0 spiro atoms. The molecule has 0 saturated carbocycles. The summed E-state index contributed by atoms with van der Waals surface area (Å²) >= 11 is 3.34. The van der Waals surface area contributed by atoms with E-state index in [-0.39, 0.29) is 16.9 Å². The lowest BCUT2D eigenvalue weighted by Gasteiger charge is -2.02. The zero-order chi connectivity index (χ0) is 14.3. The second-order valence-corrected chi connectivity index (χ2v) is 5.22. The molecular formula is C12H10BrF2N5. The van der Waals surface area contributed by atoms with Crippen molar-refractivity contribution in [2.75, 3.05) is 5.73 Å². The Balaban J connectivity index is 2.05. The van der Waals surface area contributed by atoms with Gasteiger partial charge in [-0.15, -0.1) is 0 Å². The molecule has 5 nitrogen and oxygen atoms in total. The number of anilines is 1. The summed E-state index contributed by atoms with van der Waals surface area (Å²) in [6.07, 6.45) is -2.69. The van der Waals surface area contributed by atoms with Crippen LogP contribution in [-0.4, -0.2) is 20.0 Å². The minimum absolute atomic E-state index is 0.109. The molecule has 0 aliphatic rings. The predicted octanol–water partition coefficient (Wildman–Crippen LogP) is 3.09. The molecule has 0 aliphatic carbocycles. The van der Waals surface area contributed by atoms with E-state index in [4.69, 9.17) is 5.73 Å². The second-order valence-electron chi connectivity index (χ2n) is 4.31. The highest BCUT2D eigenvalue weighted by Gasteiger charge is 2.22. The van der Waals surface area contributed by atoms with Crippen LogP contribution in [0.2, 0.25) is 0 Å². The highest BCUT2D eigenvalue weighted by molar-refractivity contribution is 9.10. The fourth-order valence-corrected chi connectivity index (χ4v) is 2.30. The number of rotatable bonds is 3. The molecule has 0 aliphatic heterocycles. The fourth-order valence-electron chi connectivity index (χ4n) is 2.04. The third-order valence-corrected chi connectivity index (χ3v) is 3.49. The van der Waals surface area contributed by atoms with Gasteiger partial charge in [0.1, 0.15) is 11.5 Å². The summed E-state index contributed by atoms with van der Waals surface area (Å²) in [6, 6.07) is 7.53. The van der Waals surface area contributed by atoms with Crippen LogP contribution in [0.4, 0.5) is 14.6 Å². The van der Waals surface area contributed by atoms with E-state index in [1.165, 1.54) is 4.68 Å². The van der Waals surface area contributed by atoms with Crippen molar-refractivity contribution < 1.29 is 8.78 Å². The van der Waals surface area contributed by atoms with Crippen molar-refractivity contribution in [2.45, 2.75) is 13.0 Å². The van der Waals surface area contributed by atoms with Crippen molar-refractivity contribution in [3.63, 3.8) is 0 Å². The largest absolute Gasteiger partial charge is 0.383 e. The number of aromatic amines is 1. The molecule has 0 bridgehead atoms. The number of nitrogens with two attached hydrogens (primary N) is 1. The Hall–Kier alpha value is -1.96. The monoisotopic (exact) mass is 341 g/mol. The van der Waals surface area contributed by atoms with Crippen LogP contribution in [0, 0.1) is 0 Å². The Bertz CT molecular complexity index is 747. The van der Waals surface area contributed by atoms with E-state index in [2.05, 4.69) is 31.2 Å². The van der Waals surface area contributed by atoms with Gasteiger partial charge in [-0.05, 0) is 17.7 Å². The Morgan fingerprint density at radius 2 is 2.00 bits per heavy atom. The number of alkyl halides is 2. The molecule has 2 aromatic heterocycles. The summed E-state index contributed by atoms with van der Waals surface area (Å²) in [7, 11) is 0. The summed E-state index contributed by atoms with van der Waals surface area (Å²) < 4.78 is 28.3. The maximum atomic E-state index is 13.0. The summed E-state index contributed by atoms with van der Waals surface area (Å²) in [6.45, 7) is 0.348. The van der Waals surface area contributed by atoms with Crippen LogP contribution in [-0.2, 0) is 6.54 Å². The predicted molar refractivity (Wildman–Crippen MR) is 74.5 cm³/mol. The van der Waals surface area contributed by atoms with Gasteiger partial charge in [0.15, 0.2) is 5.65 Å². The topological polar surface area (TPSA) is 72.5 Å². The van der Waals surface area contributed by atoms with Crippen molar-refractivity contribution in [3.05, 3.63) is 40.0 Å². The first-order chi connectivity index (χ1) is 9.56. The quantitative estimate of drug-likeness (QED) is 0.768. The van der Waals surface area contributed by atoms with Gasteiger partial charge in [-0.25, -0.2) is 13.5 Å². The summed E-state index contributed by atoms with van der Waals surface area (Å²) in [5.41, 5.74) is 6.55. The molecule has 104 valence electrons. The van der Waals surface area contributed by atoms with Crippen LogP contribution in [0.1, 0.15) is 17.7 Å². The Morgan fingerprint density at radius 3 is 2.65 bits per heavy atom. The summed E-state index contributed by atoms with van der Waals surface area (Å²) in [5.74, 6) is 0.109. The molecule has 0 atom stereocenters. The first kappa shape index (κ1) is 13.0. The fraction of sp³-hybridized carbons (Fsp3) is 0.167. The number of fused-ring (bicyclic) bond motifs is 1. The first-order valence-electron chi connectivity index (χ1n) is 5.79. The molecule has 20 heavy (non-hydrogen) atoms. The lowest BCUT2D eigenvalue weighted by molar-refractivity contribution is 0.146. The zero-order valence-corrected chi connectivity index (χ0v) is 11.7. The minimum Gasteiger partial charge on any atom is -0.383 e. The van der Waals surface area contributed by atoms with E-state index in [9.17, 15) is 8.78 Å². The van der Waals surface area contributed by atoms with Crippen molar-refractivity contribution in [1.29, 1.82) is 0 Å². The second kappa shape index (κ2) is 4.86. The molecule has 0 saturated heterocycles. The normalized spacial score (nSPS) is 11.6. The number of nitrogen functional groups attached to an aromatic ring is 1. The molecule has 0 radical (unpaired) electrons. The van der Waals surface area contributed by atoms with Crippen LogP contribution in [0.3, 0.4) is 0 Å². The van der Waals surface area contributed by atoms with E-state index >= 15 is 0 Å². The molecule has 1 aromatic carbocycles. The van der Waals surface area contributed by atoms with E-state index < -0.39 is 6.43 Å². The number of aromatic nitrogens is 4. The molecule has 3 aromatic rings. The number of H-pyrrole nitrogens is 1. The van der Waals surface area contributed by atoms with E-state index in [1.54, 1.807) is 0 Å². The van der Waals surface area contributed by atoms with Crippen molar-refractivity contribution >= 4 is 32.8 Å². The minimum atomic E-state index is -2.69. The molecule has 0 amide bonds. The molecule has 3 N–H and O–H groups in total. The van der Waals surface area contributed by atoms with E-state index in [0.717, 1.165) is 10.0 Å². The van der Waals surface area contributed by atoms with Crippen LogP contribution >= 0.6 is 15.9 Å². The standard InChI is InChI=1S/C12H10BrF2N5/c13-7-3-1-6(2-4-7)5-20-12-8(11(16)17-18-12)9(19-20)10(14)15/h1-4,10H,5H2,(H3,16,17,18). The Morgan fingerprint density at radius 1 is 1.30 bits per heavy atom. The molecule has 3 rings (SSSR count). The van der Waals surface area contributed by atoms with Gasteiger partial charge < -0.3 is 5.73 Å². The lowest BCUT2D eigenvalue weighted by Crippen LogP contribution is -2.03. The molecule has 0 fully saturated rings. The highest BCUT2D eigenvalue weighted by atomic mass is 79.9. The Kier molecular flexibility index (Phi) is 3.17. The number of halogens is 3. The number of hydrogen-bond donors (Lipinski definition) is 2. The van der Waals surface area contributed by atoms with Crippen LogP contribution < -0.4 is 5.73 Å². The highest BCUT2D eigenvalue weighted by Crippen LogP contribution is 2.30. The third-order valence-electron chi connectivity index (χ3n) is 2.96. The van der Waals surface area contributed by atoms with Crippen molar-refractivity contribution in [2.24, 2.45) is 0 Å². The van der Waals surface area contributed by atoms with Gasteiger partial charge in [0.05, 0.1) is 11.9 Å². The average molecular weight is 342 g/mol. The molecule has 8 heteroatoms. The average Bonchev–Trinajstić information content (AvgIpc) is 2.95. The van der Waals surface area contributed by atoms with Crippen LogP contribution in [0.5, 0.6) is 0 Å². The zero-order valence-electron chi connectivity index (χ0n) is 10.1. The van der Waals surface area contributed by atoms with Gasteiger partial charge in [-0.1, -0.05) is 28.1 Å². The first-order valence-corrected chi connectivity index (χ1v) is 6.58. The maximum absolute atomic E-state index is 13.0. The van der Waals surface area contributed by atoms with Crippen molar-refractivity contribution in [1.82, 2.24) is 20.0 Å². The molecule has 0 unspecified atom stereocenters. The van der Waals surface area contributed by atoms with Gasteiger partial charge in [-0.3, -0.25) is 5.10 Å². The van der Waals surface area contributed by atoms with Gasteiger partial charge in [-0.2, -0.15) is 10.2 Å². The molecular weight excluding hydrogens is 332 g/mol. The van der Waals surface area contributed by atoms with E-state index in [0.29, 0.717) is 12.2 Å².